The van der Waals surface area contributed by atoms with Crippen molar-refractivity contribution in [1.82, 2.24) is 5.32 Å². The lowest BCUT2D eigenvalue weighted by Gasteiger charge is -2.24. The molecule has 0 aliphatic rings. The molecule has 1 amide bonds. The van der Waals surface area contributed by atoms with Crippen molar-refractivity contribution in [2.75, 3.05) is 6.61 Å². The van der Waals surface area contributed by atoms with Crippen LogP contribution in [-0.2, 0) is 14.3 Å². The molecule has 0 spiro atoms. The van der Waals surface area contributed by atoms with Crippen LogP contribution in [0.15, 0.2) is 85.1 Å². The van der Waals surface area contributed by atoms with Gasteiger partial charge < -0.3 is 20.3 Å². The highest BCUT2D eigenvalue weighted by atomic mass is 16.5. The Kier molecular flexibility index (Phi) is 44.8. The average molecular weight is 836 g/mol. The van der Waals surface area contributed by atoms with E-state index in [2.05, 4.69) is 50.4 Å². The smallest absolute Gasteiger partial charge is 0.306 e. The molecule has 3 unspecified atom stereocenters. The highest BCUT2D eigenvalue weighted by Gasteiger charge is 2.24. The molecule has 0 bridgehead atoms. The average Bonchev–Trinajstić information content (AvgIpc) is 3.24. The molecule has 344 valence electrons. The zero-order valence-corrected chi connectivity index (χ0v) is 39.1. The summed E-state index contributed by atoms with van der Waals surface area (Å²) in [6.07, 6.45) is 60.7. The number of amides is 1. The molecule has 0 aliphatic carbocycles. The van der Waals surface area contributed by atoms with E-state index in [1.165, 1.54) is 109 Å². The zero-order valence-electron chi connectivity index (χ0n) is 39.1. The van der Waals surface area contributed by atoms with Crippen LogP contribution in [0.5, 0.6) is 0 Å². The summed E-state index contributed by atoms with van der Waals surface area (Å²) in [5.74, 6) is -0.564. The third-order valence-corrected chi connectivity index (χ3v) is 10.9. The summed E-state index contributed by atoms with van der Waals surface area (Å²) in [7, 11) is 0. The first-order valence-corrected chi connectivity index (χ1v) is 24.9. The molecular weight excluding hydrogens is 743 g/mol. The van der Waals surface area contributed by atoms with Gasteiger partial charge in [-0.05, 0) is 64.2 Å². The predicted molar refractivity (Wildman–Crippen MR) is 259 cm³/mol. The van der Waals surface area contributed by atoms with Crippen molar-refractivity contribution < 1.29 is 24.5 Å². The fourth-order valence-electron chi connectivity index (χ4n) is 7.11. The van der Waals surface area contributed by atoms with Gasteiger partial charge in [0.25, 0.3) is 0 Å². The summed E-state index contributed by atoms with van der Waals surface area (Å²) in [6.45, 7) is 6.29. The van der Waals surface area contributed by atoms with E-state index in [4.69, 9.17) is 4.74 Å². The van der Waals surface area contributed by atoms with Gasteiger partial charge in [-0.2, -0.15) is 0 Å². The summed E-state index contributed by atoms with van der Waals surface area (Å²) in [5.41, 5.74) is 0. The molecular formula is C54H93NO5. The Morgan fingerprint density at radius 1 is 0.500 bits per heavy atom. The number of ether oxygens (including phenoxy) is 1. The van der Waals surface area contributed by atoms with Crippen LogP contribution in [0.4, 0.5) is 0 Å². The van der Waals surface area contributed by atoms with Crippen molar-refractivity contribution in [3.05, 3.63) is 85.1 Å². The van der Waals surface area contributed by atoms with E-state index >= 15 is 0 Å². The third kappa shape index (κ3) is 41.8. The standard InChI is InChI=1S/C54H93NO5/c1-4-7-10-13-16-19-22-24-26-28-30-32-35-38-41-44-47-54(59)60-50(45-42-39-36-33-31-29-27-25-23-20-17-14-11-8-5-2)48-53(58)55-51(49-56)52(57)46-43-40-37-34-21-18-15-12-9-6-3/h8,11,14,17,20,23,25-29,31,33,36,50-52,56-57H,4-7,9-10,12-13,15-16,18-19,21-22,24,30,32,34-35,37-49H2,1-3H3,(H,55,58)/b11-8-,17-14+,23-20+,27-25-,28-26+,31-29+,36-33+. The van der Waals surface area contributed by atoms with E-state index in [0.717, 1.165) is 64.2 Å². The van der Waals surface area contributed by atoms with Crippen LogP contribution in [0, 0.1) is 0 Å². The third-order valence-electron chi connectivity index (χ3n) is 10.9. The first-order valence-electron chi connectivity index (χ1n) is 24.9. The maximum Gasteiger partial charge on any atom is 0.306 e. The minimum atomic E-state index is -0.811. The van der Waals surface area contributed by atoms with Gasteiger partial charge in [-0.3, -0.25) is 9.59 Å². The first kappa shape index (κ1) is 57.0. The van der Waals surface area contributed by atoms with Crippen molar-refractivity contribution in [3.63, 3.8) is 0 Å². The van der Waals surface area contributed by atoms with E-state index in [1.807, 2.05) is 60.8 Å². The van der Waals surface area contributed by atoms with Crippen LogP contribution in [0.3, 0.4) is 0 Å². The molecule has 0 radical (unpaired) electrons. The Hall–Kier alpha value is -2.96. The number of carbonyl (C=O) groups is 2. The van der Waals surface area contributed by atoms with Crippen LogP contribution in [0.25, 0.3) is 0 Å². The lowest BCUT2D eigenvalue weighted by Crippen LogP contribution is -2.46. The van der Waals surface area contributed by atoms with Crippen molar-refractivity contribution >= 4 is 11.9 Å². The van der Waals surface area contributed by atoms with Gasteiger partial charge in [-0.1, -0.05) is 228 Å². The predicted octanol–water partition coefficient (Wildman–Crippen LogP) is 14.8. The molecule has 0 aromatic rings. The summed E-state index contributed by atoms with van der Waals surface area (Å²) in [6, 6.07) is -0.730. The number of carbonyl (C=O) groups excluding carboxylic acids is 2. The highest BCUT2D eigenvalue weighted by molar-refractivity contribution is 5.77. The van der Waals surface area contributed by atoms with Gasteiger partial charge in [0.15, 0.2) is 0 Å². The molecule has 0 rings (SSSR count). The van der Waals surface area contributed by atoms with Gasteiger partial charge in [0.2, 0.25) is 5.91 Å². The molecule has 0 heterocycles. The highest BCUT2D eigenvalue weighted by Crippen LogP contribution is 2.16. The van der Waals surface area contributed by atoms with E-state index < -0.39 is 18.2 Å². The number of esters is 1. The molecule has 0 saturated heterocycles. The topological polar surface area (TPSA) is 95.9 Å². The number of nitrogens with one attached hydrogen (secondary N) is 1. The summed E-state index contributed by atoms with van der Waals surface area (Å²) < 4.78 is 5.88. The molecule has 3 atom stereocenters. The van der Waals surface area contributed by atoms with Gasteiger partial charge in [0, 0.05) is 6.42 Å². The molecule has 6 heteroatoms. The number of aliphatic hydroxyl groups excluding tert-OH is 2. The van der Waals surface area contributed by atoms with E-state index in [0.29, 0.717) is 19.3 Å². The Morgan fingerprint density at radius 3 is 1.43 bits per heavy atom. The Labute approximate surface area is 370 Å². The lowest BCUT2D eigenvalue weighted by molar-refractivity contribution is -0.151. The van der Waals surface area contributed by atoms with Crippen LogP contribution in [0.2, 0.25) is 0 Å². The first-order chi connectivity index (χ1) is 29.5. The Morgan fingerprint density at radius 2 is 0.933 bits per heavy atom. The Balaban J connectivity index is 4.75. The van der Waals surface area contributed by atoms with Crippen LogP contribution in [0.1, 0.15) is 220 Å². The quantitative estimate of drug-likeness (QED) is 0.0246. The zero-order chi connectivity index (χ0) is 43.8. The summed E-state index contributed by atoms with van der Waals surface area (Å²) in [4.78, 5) is 26.1. The van der Waals surface area contributed by atoms with Crippen LogP contribution in [-0.4, -0.2) is 46.9 Å². The number of unbranched alkanes of at least 4 members (excludes halogenated alkanes) is 22. The second-order valence-electron chi connectivity index (χ2n) is 16.6. The van der Waals surface area contributed by atoms with E-state index in [1.54, 1.807) is 0 Å². The minimum absolute atomic E-state index is 0.0195. The van der Waals surface area contributed by atoms with Gasteiger partial charge >= 0.3 is 5.97 Å². The minimum Gasteiger partial charge on any atom is -0.462 e. The second-order valence-corrected chi connectivity index (χ2v) is 16.6. The van der Waals surface area contributed by atoms with Crippen molar-refractivity contribution in [3.8, 4) is 0 Å². The molecule has 6 nitrogen and oxygen atoms in total. The lowest BCUT2D eigenvalue weighted by atomic mass is 10.0. The van der Waals surface area contributed by atoms with Crippen molar-refractivity contribution in [2.45, 2.75) is 238 Å². The van der Waals surface area contributed by atoms with Crippen molar-refractivity contribution in [1.29, 1.82) is 0 Å². The number of aliphatic hydroxyl groups is 2. The van der Waals surface area contributed by atoms with E-state index in [-0.39, 0.29) is 24.9 Å². The molecule has 0 aromatic heterocycles. The number of hydrogen-bond acceptors (Lipinski definition) is 5. The monoisotopic (exact) mass is 836 g/mol. The maximum atomic E-state index is 13.2. The van der Waals surface area contributed by atoms with Gasteiger partial charge in [0.05, 0.1) is 25.2 Å². The van der Waals surface area contributed by atoms with E-state index in [9.17, 15) is 19.8 Å². The SMILES string of the molecule is CC\C=C/C=C/C=C/C=C\C=C\C=C\CCCC(CC(=O)NC(CO)C(O)CCCCCCCCCCCC)OC(=O)CCCCCCC/C=C/CCCCCCCCC. The van der Waals surface area contributed by atoms with Gasteiger partial charge in [-0.25, -0.2) is 0 Å². The molecule has 0 fully saturated rings. The van der Waals surface area contributed by atoms with Crippen LogP contribution >= 0.6 is 0 Å². The fraction of sp³-hybridized carbons (Fsp3) is 0.704. The summed E-state index contributed by atoms with van der Waals surface area (Å²) >= 11 is 0. The van der Waals surface area contributed by atoms with Gasteiger partial charge in [0.1, 0.15) is 6.10 Å². The molecule has 0 saturated carbocycles. The second kappa shape index (κ2) is 47.1. The fourth-order valence-corrected chi connectivity index (χ4v) is 7.11. The normalized spacial score (nSPS) is 14.0. The number of allylic oxidation sites excluding steroid dienone is 14. The molecule has 0 aromatic carbocycles. The van der Waals surface area contributed by atoms with Gasteiger partial charge in [-0.15, -0.1) is 0 Å². The maximum absolute atomic E-state index is 13.2. The van der Waals surface area contributed by atoms with Crippen molar-refractivity contribution in [2.24, 2.45) is 0 Å². The number of hydrogen-bond donors (Lipinski definition) is 3. The molecule has 3 N–H and O–H groups in total. The van der Waals surface area contributed by atoms with Crippen LogP contribution < -0.4 is 5.32 Å². The molecule has 0 aliphatic heterocycles. The largest absolute Gasteiger partial charge is 0.462 e. The Bertz CT molecular complexity index is 1160. The number of rotatable bonds is 43. The molecule has 60 heavy (non-hydrogen) atoms. The summed E-state index contributed by atoms with van der Waals surface area (Å²) in [5, 5.41) is 23.6.